The van der Waals surface area contributed by atoms with E-state index in [1.54, 1.807) is 0 Å². The number of nitrogens with zero attached hydrogens (tertiary/aromatic N) is 2. The van der Waals surface area contributed by atoms with Gasteiger partial charge in [0.2, 0.25) is 5.91 Å². The number of amides is 3. The zero-order valence-corrected chi connectivity index (χ0v) is 13.9. The van der Waals surface area contributed by atoms with Gasteiger partial charge in [0.15, 0.2) is 0 Å². The van der Waals surface area contributed by atoms with Gasteiger partial charge in [0.25, 0.3) is 0 Å². The van der Waals surface area contributed by atoms with Gasteiger partial charge in [-0.15, -0.1) is 0 Å². The van der Waals surface area contributed by atoms with E-state index in [-0.39, 0.29) is 18.0 Å². The van der Waals surface area contributed by atoms with Crippen molar-refractivity contribution >= 4 is 11.9 Å². The van der Waals surface area contributed by atoms with E-state index in [1.165, 1.54) is 6.92 Å². The van der Waals surface area contributed by atoms with Crippen molar-refractivity contribution in [1.82, 2.24) is 15.1 Å². The average molecular weight is 325 g/mol. The lowest BCUT2D eigenvalue weighted by molar-refractivity contribution is -0.120. The second-order valence-electron chi connectivity index (χ2n) is 6.85. The lowest BCUT2D eigenvalue weighted by Crippen LogP contribution is -2.50. The molecule has 0 aromatic rings. The Balaban J connectivity index is 1.60. The lowest BCUT2D eigenvalue weighted by Gasteiger charge is -2.33. The summed E-state index contributed by atoms with van der Waals surface area (Å²) in [4.78, 5) is 27.6. The molecule has 7 nitrogen and oxygen atoms in total. The molecule has 23 heavy (non-hydrogen) atoms. The van der Waals surface area contributed by atoms with Crippen LogP contribution in [0.3, 0.4) is 0 Å². The third-order valence-electron chi connectivity index (χ3n) is 4.91. The molecule has 3 heterocycles. The fourth-order valence-corrected chi connectivity index (χ4v) is 3.70. The first-order valence-electron chi connectivity index (χ1n) is 8.62. The van der Waals surface area contributed by atoms with Crippen LogP contribution in [0.25, 0.3) is 0 Å². The highest BCUT2D eigenvalue weighted by Crippen LogP contribution is 2.33. The monoisotopic (exact) mass is 325 g/mol. The summed E-state index contributed by atoms with van der Waals surface area (Å²) in [5.41, 5.74) is -0.422. The van der Waals surface area contributed by atoms with Crippen molar-refractivity contribution in [3.8, 4) is 0 Å². The number of rotatable bonds is 2. The van der Waals surface area contributed by atoms with Crippen molar-refractivity contribution in [3.05, 3.63) is 0 Å². The zero-order valence-electron chi connectivity index (χ0n) is 13.9. The second kappa shape index (κ2) is 7.05. The van der Waals surface area contributed by atoms with Gasteiger partial charge in [0, 0.05) is 33.1 Å². The number of carbonyl (C=O) groups excluding carboxylic acids is 2. The predicted octanol–water partition coefficient (Wildman–Crippen LogP) is 0.588. The molecule has 1 spiro atoms. The summed E-state index contributed by atoms with van der Waals surface area (Å²) in [6.07, 6.45) is 3.94. The Bertz CT molecular complexity index is 453. The number of carbonyl (C=O) groups is 2. The number of likely N-dealkylation sites (tertiary alicyclic amines) is 1. The van der Waals surface area contributed by atoms with Crippen LogP contribution in [-0.4, -0.2) is 79.4 Å². The molecule has 3 amide bonds. The summed E-state index contributed by atoms with van der Waals surface area (Å²) in [5, 5.41) is 2.81. The number of nitrogens with one attached hydrogen (secondary N) is 1. The number of hydrogen-bond donors (Lipinski definition) is 1. The molecule has 3 aliphatic rings. The summed E-state index contributed by atoms with van der Waals surface area (Å²) in [6.45, 7) is 6.03. The number of urea groups is 1. The quantitative estimate of drug-likeness (QED) is 0.806. The molecule has 0 bridgehead atoms. The highest BCUT2D eigenvalue weighted by molar-refractivity contribution is 5.75. The second-order valence-corrected chi connectivity index (χ2v) is 6.85. The summed E-state index contributed by atoms with van der Waals surface area (Å²) >= 11 is 0. The van der Waals surface area contributed by atoms with E-state index in [0.717, 1.165) is 38.8 Å². The summed E-state index contributed by atoms with van der Waals surface area (Å²) in [5.74, 6) is -0.0440. The molecule has 0 aromatic heterocycles. The predicted molar refractivity (Wildman–Crippen MR) is 84.1 cm³/mol. The van der Waals surface area contributed by atoms with Crippen molar-refractivity contribution in [2.24, 2.45) is 0 Å². The van der Waals surface area contributed by atoms with Crippen LogP contribution in [0.2, 0.25) is 0 Å². The Hall–Kier alpha value is -1.34. The Kier molecular flexibility index (Phi) is 5.06. The first-order valence-corrected chi connectivity index (χ1v) is 8.62. The van der Waals surface area contributed by atoms with Gasteiger partial charge in [-0.25, -0.2) is 4.79 Å². The molecule has 0 unspecified atom stereocenters. The Morgan fingerprint density at radius 3 is 2.74 bits per heavy atom. The smallest absolute Gasteiger partial charge is 0.320 e. The van der Waals surface area contributed by atoms with Gasteiger partial charge in [-0.05, 0) is 25.7 Å². The van der Waals surface area contributed by atoms with E-state index in [9.17, 15) is 9.59 Å². The minimum atomic E-state index is -0.422. The van der Waals surface area contributed by atoms with E-state index in [2.05, 4.69) is 5.32 Å². The topological polar surface area (TPSA) is 71.1 Å². The van der Waals surface area contributed by atoms with Crippen molar-refractivity contribution in [1.29, 1.82) is 0 Å². The maximum Gasteiger partial charge on any atom is 0.320 e. The standard InChI is InChI=1S/C16H27N3O4/c1-13(20)17-10-14-4-5-16(23-14)11-19(8-9-22-12-16)15(21)18-6-2-3-7-18/h14H,2-12H2,1H3,(H,17,20)/t14-,16-/m1/s1. The molecule has 3 aliphatic heterocycles. The van der Waals surface area contributed by atoms with Gasteiger partial charge >= 0.3 is 6.03 Å². The van der Waals surface area contributed by atoms with Gasteiger partial charge in [-0.2, -0.15) is 0 Å². The molecule has 0 radical (unpaired) electrons. The van der Waals surface area contributed by atoms with E-state index < -0.39 is 5.60 Å². The first-order chi connectivity index (χ1) is 11.1. The van der Waals surface area contributed by atoms with Gasteiger partial charge in [0.1, 0.15) is 5.60 Å². The molecule has 0 aliphatic carbocycles. The summed E-state index contributed by atoms with van der Waals surface area (Å²) in [7, 11) is 0. The van der Waals surface area contributed by atoms with Crippen LogP contribution in [0.4, 0.5) is 4.79 Å². The largest absolute Gasteiger partial charge is 0.377 e. The molecule has 3 fully saturated rings. The highest BCUT2D eigenvalue weighted by Gasteiger charge is 2.44. The highest BCUT2D eigenvalue weighted by atomic mass is 16.6. The maximum atomic E-state index is 12.7. The molecule has 3 rings (SSSR count). The van der Waals surface area contributed by atoms with Crippen LogP contribution in [-0.2, 0) is 14.3 Å². The minimum absolute atomic E-state index is 0.00402. The van der Waals surface area contributed by atoms with Gasteiger partial charge in [-0.1, -0.05) is 0 Å². The van der Waals surface area contributed by atoms with Gasteiger partial charge in [0.05, 0.1) is 25.9 Å². The van der Waals surface area contributed by atoms with E-state index in [0.29, 0.717) is 32.8 Å². The molecular weight excluding hydrogens is 298 g/mol. The minimum Gasteiger partial charge on any atom is -0.377 e. The molecule has 130 valence electrons. The van der Waals surface area contributed by atoms with Crippen LogP contribution in [0.15, 0.2) is 0 Å². The number of hydrogen-bond acceptors (Lipinski definition) is 4. The molecule has 0 saturated carbocycles. The van der Waals surface area contributed by atoms with Crippen LogP contribution in [0, 0.1) is 0 Å². The fraction of sp³-hybridized carbons (Fsp3) is 0.875. The number of ether oxygens (including phenoxy) is 2. The Morgan fingerprint density at radius 1 is 1.22 bits per heavy atom. The van der Waals surface area contributed by atoms with Gasteiger partial charge in [-0.3, -0.25) is 4.79 Å². The van der Waals surface area contributed by atoms with Crippen molar-refractivity contribution in [2.45, 2.75) is 44.3 Å². The van der Waals surface area contributed by atoms with Crippen LogP contribution >= 0.6 is 0 Å². The molecule has 3 saturated heterocycles. The third kappa shape index (κ3) is 3.95. The third-order valence-corrected chi connectivity index (χ3v) is 4.91. The van der Waals surface area contributed by atoms with E-state index in [1.807, 2.05) is 9.80 Å². The van der Waals surface area contributed by atoms with Crippen LogP contribution in [0.5, 0.6) is 0 Å². The van der Waals surface area contributed by atoms with Crippen molar-refractivity contribution in [2.75, 3.05) is 45.9 Å². The van der Waals surface area contributed by atoms with Crippen LogP contribution in [0.1, 0.15) is 32.6 Å². The SMILES string of the molecule is CC(=O)NC[C@H]1CC[C@@]2(COCCN(C(=O)N3CCCC3)C2)O1. The Morgan fingerprint density at radius 2 is 2.00 bits per heavy atom. The van der Waals surface area contributed by atoms with Crippen molar-refractivity contribution in [3.63, 3.8) is 0 Å². The van der Waals surface area contributed by atoms with Crippen molar-refractivity contribution < 1.29 is 19.1 Å². The van der Waals surface area contributed by atoms with E-state index in [4.69, 9.17) is 9.47 Å². The zero-order chi connectivity index (χ0) is 16.3. The summed E-state index contributed by atoms with van der Waals surface area (Å²) < 4.78 is 11.9. The molecular formula is C16H27N3O4. The fourth-order valence-electron chi connectivity index (χ4n) is 3.70. The molecule has 7 heteroatoms. The van der Waals surface area contributed by atoms with Crippen LogP contribution < -0.4 is 5.32 Å². The molecule has 0 aromatic carbocycles. The average Bonchev–Trinajstić information content (AvgIpc) is 3.13. The first kappa shape index (κ1) is 16.5. The van der Waals surface area contributed by atoms with E-state index >= 15 is 0 Å². The summed E-state index contributed by atoms with van der Waals surface area (Å²) in [6, 6.07) is 0.112. The molecule has 1 N–H and O–H groups in total. The Labute approximate surface area is 137 Å². The lowest BCUT2D eigenvalue weighted by atomic mass is 10.00. The van der Waals surface area contributed by atoms with Gasteiger partial charge < -0.3 is 24.6 Å². The normalized spacial score (nSPS) is 31.4. The molecule has 2 atom stereocenters. The maximum absolute atomic E-state index is 12.7.